The maximum atomic E-state index is 13.3. The molecular weight excluding hydrogens is 539 g/mol. The fourth-order valence-corrected chi connectivity index (χ4v) is 4.22. The minimum Gasteiger partial charge on any atom is -0.497 e. The van der Waals surface area contributed by atoms with Gasteiger partial charge in [0.15, 0.2) is 0 Å². The number of benzene rings is 3. The molecule has 37 heavy (non-hydrogen) atoms. The molecule has 192 valence electrons. The van der Waals surface area contributed by atoms with Gasteiger partial charge in [-0.15, -0.1) is 13.2 Å². The third-order valence-electron chi connectivity index (χ3n) is 5.29. The minimum absolute atomic E-state index is 0.0257. The quantitative estimate of drug-likeness (QED) is 0.154. The second-order valence-corrected chi connectivity index (χ2v) is 8.59. The average Bonchev–Trinajstić information content (AvgIpc) is 3.18. The van der Waals surface area contributed by atoms with Crippen LogP contribution in [-0.2, 0) is 11.3 Å². The number of carbonyl (C=O) groups excluding carboxylic acids is 2. The molecule has 0 aliphatic carbocycles. The number of aromatic nitrogens is 1. The Morgan fingerprint density at radius 2 is 1.62 bits per heavy atom. The van der Waals surface area contributed by atoms with Crippen LogP contribution in [0, 0.1) is 5.82 Å². The fourth-order valence-electron chi connectivity index (χ4n) is 3.66. The first-order valence-electron chi connectivity index (χ1n) is 10.5. The SMILES string of the molecule is COc1ccc2c(c1)c(C(=O)C(=O)Nc1c(Cl)cc(OC(F)(F)F)cc1Cl)cn2Cc1ccc(F)cc1. The molecule has 0 saturated carbocycles. The maximum Gasteiger partial charge on any atom is 0.573 e. The van der Waals surface area contributed by atoms with Crippen molar-refractivity contribution in [2.45, 2.75) is 12.9 Å². The number of hydrogen-bond acceptors (Lipinski definition) is 4. The zero-order chi connectivity index (χ0) is 26.9. The molecule has 1 heterocycles. The summed E-state index contributed by atoms with van der Waals surface area (Å²) >= 11 is 12.0. The van der Waals surface area contributed by atoms with Crippen molar-refractivity contribution in [3.63, 3.8) is 0 Å². The van der Waals surface area contributed by atoms with Crippen molar-refractivity contribution in [2.75, 3.05) is 12.4 Å². The smallest absolute Gasteiger partial charge is 0.497 e. The summed E-state index contributed by atoms with van der Waals surface area (Å²) in [5.41, 5.74) is 1.12. The number of alkyl halides is 3. The van der Waals surface area contributed by atoms with Crippen molar-refractivity contribution >= 4 is 51.5 Å². The van der Waals surface area contributed by atoms with Gasteiger partial charge in [0.1, 0.15) is 17.3 Å². The van der Waals surface area contributed by atoms with Crippen LogP contribution < -0.4 is 14.8 Å². The Morgan fingerprint density at radius 3 is 2.22 bits per heavy atom. The molecule has 0 saturated heterocycles. The van der Waals surface area contributed by atoms with Crippen LogP contribution in [-0.4, -0.2) is 29.7 Å². The number of nitrogens with one attached hydrogen (secondary N) is 1. The second kappa shape index (κ2) is 10.3. The van der Waals surface area contributed by atoms with Crippen LogP contribution >= 0.6 is 23.2 Å². The van der Waals surface area contributed by atoms with E-state index in [0.29, 0.717) is 16.7 Å². The molecule has 0 fully saturated rings. The number of rotatable bonds is 7. The lowest BCUT2D eigenvalue weighted by Crippen LogP contribution is -2.23. The van der Waals surface area contributed by atoms with Crippen LogP contribution in [0.4, 0.5) is 23.2 Å². The van der Waals surface area contributed by atoms with E-state index >= 15 is 0 Å². The largest absolute Gasteiger partial charge is 0.573 e. The van der Waals surface area contributed by atoms with E-state index in [9.17, 15) is 27.2 Å². The predicted molar refractivity (Wildman–Crippen MR) is 130 cm³/mol. The zero-order valence-electron chi connectivity index (χ0n) is 18.8. The van der Waals surface area contributed by atoms with Gasteiger partial charge in [0.25, 0.3) is 11.7 Å². The van der Waals surface area contributed by atoms with E-state index in [1.807, 2.05) is 0 Å². The summed E-state index contributed by atoms with van der Waals surface area (Å²) < 4.78 is 61.5. The molecule has 0 unspecified atom stereocenters. The standard InChI is InChI=1S/C25H16Cl2F4N2O4/c1-36-15-6-7-21-17(8-15)18(12-33(21)11-13-2-4-14(28)5-3-13)23(34)24(35)32-22-19(26)9-16(10-20(22)27)37-25(29,30)31/h2-10,12H,11H2,1H3,(H,32,35). The van der Waals surface area contributed by atoms with E-state index in [-0.39, 0.29) is 27.8 Å². The van der Waals surface area contributed by atoms with E-state index in [1.165, 1.54) is 25.4 Å². The Balaban J connectivity index is 1.66. The van der Waals surface area contributed by atoms with Gasteiger partial charge in [0.2, 0.25) is 0 Å². The lowest BCUT2D eigenvalue weighted by Gasteiger charge is -2.13. The molecular formula is C25H16Cl2F4N2O4. The number of anilines is 1. The molecule has 6 nitrogen and oxygen atoms in total. The van der Waals surface area contributed by atoms with Gasteiger partial charge in [-0.2, -0.15) is 0 Å². The van der Waals surface area contributed by atoms with Crippen molar-refractivity contribution in [1.29, 1.82) is 0 Å². The number of fused-ring (bicyclic) bond motifs is 1. The van der Waals surface area contributed by atoms with Crippen molar-refractivity contribution in [3.8, 4) is 11.5 Å². The highest BCUT2D eigenvalue weighted by Crippen LogP contribution is 2.37. The number of methoxy groups -OCH3 is 1. The molecule has 0 radical (unpaired) electrons. The van der Waals surface area contributed by atoms with Crippen LogP contribution in [0.15, 0.2) is 60.8 Å². The second-order valence-electron chi connectivity index (χ2n) is 7.77. The van der Waals surface area contributed by atoms with Crippen molar-refractivity contribution < 1.29 is 36.6 Å². The van der Waals surface area contributed by atoms with E-state index in [1.54, 1.807) is 34.9 Å². The number of hydrogen-bond donors (Lipinski definition) is 1. The third-order valence-corrected chi connectivity index (χ3v) is 5.89. The van der Waals surface area contributed by atoms with Gasteiger partial charge in [-0.3, -0.25) is 9.59 Å². The Bertz CT molecular complexity index is 1480. The predicted octanol–water partition coefficient (Wildman–Crippen LogP) is 6.86. The summed E-state index contributed by atoms with van der Waals surface area (Å²) in [7, 11) is 1.45. The number of nitrogens with zero attached hydrogens (tertiary/aromatic N) is 1. The summed E-state index contributed by atoms with van der Waals surface area (Å²) in [5, 5.41) is 1.93. The van der Waals surface area contributed by atoms with Gasteiger partial charge in [-0.25, -0.2) is 4.39 Å². The molecule has 1 N–H and O–H groups in total. The number of amides is 1. The lowest BCUT2D eigenvalue weighted by molar-refractivity contribution is -0.274. The Morgan fingerprint density at radius 1 is 0.973 bits per heavy atom. The summed E-state index contributed by atoms with van der Waals surface area (Å²) in [4.78, 5) is 26.0. The Hall–Kier alpha value is -3.76. The van der Waals surface area contributed by atoms with Gasteiger partial charge in [-0.1, -0.05) is 35.3 Å². The van der Waals surface area contributed by atoms with E-state index in [0.717, 1.165) is 17.7 Å². The molecule has 3 aromatic carbocycles. The van der Waals surface area contributed by atoms with Gasteiger partial charge in [0.05, 0.1) is 28.4 Å². The van der Waals surface area contributed by atoms with E-state index < -0.39 is 29.6 Å². The first kappa shape index (κ1) is 26.3. The third kappa shape index (κ3) is 5.98. The van der Waals surface area contributed by atoms with Crippen LogP contribution in [0.25, 0.3) is 10.9 Å². The van der Waals surface area contributed by atoms with E-state index in [4.69, 9.17) is 27.9 Å². The van der Waals surface area contributed by atoms with Crippen molar-refractivity contribution in [3.05, 3.63) is 87.8 Å². The number of ketones is 1. The van der Waals surface area contributed by atoms with Crippen LogP contribution in [0.3, 0.4) is 0 Å². The van der Waals surface area contributed by atoms with Crippen molar-refractivity contribution in [2.24, 2.45) is 0 Å². The molecule has 1 aromatic heterocycles. The van der Waals surface area contributed by atoms with Gasteiger partial charge < -0.3 is 19.4 Å². The molecule has 0 aliphatic rings. The molecule has 0 spiro atoms. The van der Waals surface area contributed by atoms with Gasteiger partial charge >= 0.3 is 6.36 Å². The first-order valence-corrected chi connectivity index (χ1v) is 11.2. The van der Waals surface area contributed by atoms with Crippen LogP contribution in [0.2, 0.25) is 10.0 Å². The summed E-state index contributed by atoms with van der Waals surface area (Å²) in [5.74, 6) is -2.74. The molecule has 4 aromatic rings. The molecule has 12 heteroatoms. The highest BCUT2D eigenvalue weighted by atomic mass is 35.5. The summed E-state index contributed by atoms with van der Waals surface area (Å²) in [6, 6.07) is 12.4. The minimum atomic E-state index is -4.98. The number of carbonyl (C=O) groups is 2. The molecule has 4 rings (SSSR count). The number of halogens is 6. The summed E-state index contributed by atoms with van der Waals surface area (Å²) in [6.07, 6.45) is -3.50. The van der Waals surface area contributed by atoms with Gasteiger partial charge in [0, 0.05) is 35.8 Å². The first-order chi connectivity index (χ1) is 17.4. The Labute approximate surface area is 217 Å². The highest BCUT2D eigenvalue weighted by molar-refractivity contribution is 6.50. The zero-order valence-corrected chi connectivity index (χ0v) is 20.3. The van der Waals surface area contributed by atoms with Crippen LogP contribution in [0.5, 0.6) is 11.5 Å². The number of Topliss-reactive ketones (excluding diaryl/α,β-unsaturated/α-hetero) is 1. The average molecular weight is 555 g/mol. The molecule has 1 amide bonds. The molecule has 0 aliphatic heterocycles. The van der Waals surface area contributed by atoms with Crippen molar-refractivity contribution in [1.82, 2.24) is 4.57 Å². The molecule has 0 bridgehead atoms. The van der Waals surface area contributed by atoms with E-state index in [2.05, 4.69) is 10.1 Å². The topological polar surface area (TPSA) is 69.6 Å². The lowest BCUT2D eigenvalue weighted by atomic mass is 10.1. The maximum absolute atomic E-state index is 13.3. The normalized spacial score (nSPS) is 11.4. The fraction of sp³-hybridized carbons (Fsp3) is 0.120. The Kier molecular flexibility index (Phi) is 7.33. The number of ether oxygens (including phenoxy) is 2. The monoisotopic (exact) mass is 554 g/mol. The van der Waals surface area contributed by atoms with Gasteiger partial charge in [-0.05, 0) is 35.9 Å². The highest BCUT2D eigenvalue weighted by Gasteiger charge is 2.32. The summed E-state index contributed by atoms with van der Waals surface area (Å²) in [6.45, 7) is 0.274. The molecule has 0 atom stereocenters. The van der Waals surface area contributed by atoms with Crippen LogP contribution in [0.1, 0.15) is 15.9 Å².